The third-order valence-corrected chi connectivity index (χ3v) is 4.17. The molecule has 0 radical (unpaired) electrons. The first kappa shape index (κ1) is 18.1. The molecule has 0 aromatic heterocycles. The van der Waals surface area contributed by atoms with Crippen LogP contribution >= 0.6 is 11.8 Å². The van der Waals surface area contributed by atoms with Crippen LogP contribution in [0.4, 0.5) is 11.4 Å². The lowest BCUT2D eigenvalue weighted by molar-refractivity contribution is -0.116. The number of nitrogens with one attached hydrogen (secondary N) is 2. The third-order valence-electron chi connectivity index (χ3n) is 3.37. The monoisotopic (exact) mass is 342 g/mol. The number of carbonyl (C=O) groups is 2. The molecule has 0 unspecified atom stereocenters. The van der Waals surface area contributed by atoms with E-state index in [-0.39, 0.29) is 11.8 Å². The summed E-state index contributed by atoms with van der Waals surface area (Å²) in [5.41, 5.74) is 2.07. The van der Waals surface area contributed by atoms with Crippen LogP contribution < -0.4 is 10.6 Å². The van der Waals surface area contributed by atoms with Crippen molar-refractivity contribution in [3.63, 3.8) is 0 Å². The summed E-state index contributed by atoms with van der Waals surface area (Å²) in [6.45, 7) is 4.01. The molecule has 24 heavy (non-hydrogen) atoms. The number of hydrogen-bond donors (Lipinski definition) is 2. The fourth-order valence-corrected chi connectivity index (χ4v) is 2.85. The Morgan fingerprint density at radius 1 is 0.958 bits per heavy atom. The minimum Gasteiger partial charge on any atom is -0.326 e. The molecular weight excluding hydrogens is 320 g/mol. The Balaban J connectivity index is 2.01. The predicted octanol–water partition coefficient (Wildman–Crippen LogP) is 4.65. The molecule has 0 spiro atoms. The van der Waals surface area contributed by atoms with Crippen molar-refractivity contribution in [1.82, 2.24) is 0 Å². The summed E-state index contributed by atoms with van der Waals surface area (Å²) in [7, 11) is 0. The molecular formula is C19H22N2O2S. The van der Waals surface area contributed by atoms with Crippen molar-refractivity contribution in [1.29, 1.82) is 0 Å². The van der Waals surface area contributed by atoms with Gasteiger partial charge in [-0.15, -0.1) is 11.8 Å². The molecule has 0 saturated carbocycles. The van der Waals surface area contributed by atoms with Crippen LogP contribution in [0.15, 0.2) is 53.4 Å². The lowest BCUT2D eigenvalue weighted by Gasteiger charge is -2.10. The Morgan fingerprint density at radius 3 is 2.12 bits per heavy atom. The number of thioether (sulfide) groups is 1. The van der Waals surface area contributed by atoms with E-state index in [4.69, 9.17) is 0 Å². The quantitative estimate of drug-likeness (QED) is 0.752. The van der Waals surface area contributed by atoms with E-state index in [0.717, 1.165) is 10.6 Å². The molecule has 0 heterocycles. The van der Waals surface area contributed by atoms with Gasteiger partial charge in [-0.1, -0.05) is 26.0 Å². The molecule has 0 aliphatic rings. The van der Waals surface area contributed by atoms with Gasteiger partial charge >= 0.3 is 0 Å². The average molecular weight is 342 g/mol. The van der Waals surface area contributed by atoms with Gasteiger partial charge in [0.2, 0.25) is 5.91 Å². The van der Waals surface area contributed by atoms with Gasteiger partial charge in [-0.3, -0.25) is 9.59 Å². The highest BCUT2D eigenvalue weighted by atomic mass is 32.2. The van der Waals surface area contributed by atoms with E-state index in [2.05, 4.69) is 10.6 Å². The fourth-order valence-electron chi connectivity index (χ4n) is 2.25. The molecule has 2 aromatic carbocycles. The molecule has 0 aliphatic carbocycles. The van der Waals surface area contributed by atoms with Crippen LogP contribution in [0.2, 0.25) is 0 Å². The molecule has 4 nitrogen and oxygen atoms in total. The maximum absolute atomic E-state index is 12.4. The van der Waals surface area contributed by atoms with Crippen molar-refractivity contribution in [2.45, 2.75) is 25.2 Å². The molecule has 5 heteroatoms. The largest absolute Gasteiger partial charge is 0.326 e. The van der Waals surface area contributed by atoms with Crippen LogP contribution in [0, 0.1) is 5.92 Å². The molecule has 0 atom stereocenters. The van der Waals surface area contributed by atoms with Crippen molar-refractivity contribution < 1.29 is 9.59 Å². The van der Waals surface area contributed by atoms with Crippen molar-refractivity contribution in [3.05, 3.63) is 54.1 Å². The fraction of sp³-hybridized carbons (Fsp3) is 0.263. The third kappa shape index (κ3) is 5.13. The highest BCUT2D eigenvalue weighted by molar-refractivity contribution is 7.98. The first-order valence-electron chi connectivity index (χ1n) is 7.84. The van der Waals surface area contributed by atoms with Gasteiger partial charge in [0.05, 0.1) is 5.56 Å². The number of anilines is 2. The maximum Gasteiger partial charge on any atom is 0.256 e. The first-order chi connectivity index (χ1) is 11.5. The van der Waals surface area contributed by atoms with E-state index in [1.807, 2.05) is 44.4 Å². The molecule has 0 aliphatic heterocycles. The van der Waals surface area contributed by atoms with E-state index >= 15 is 0 Å². The normalized spacial score (nSPS) is 10.5. The summed E-state index contributed by atoms with van der Waals surface area (Å²) in [5.74, 6) is 0.173. The van der Waals surface area contributed by atoms with E-state index in [1.54, 1.807) is 24.3 Å². The SMILES string of the molecule is CSc1ccccc1C(=O)Nc1ccc(NC(=O)CC(C)C)cc1. The molecule has 2 amide bonds. The van der Waals surface area contributed by atoms with Crippen molar-refractivity contribution in [2.75, 3.05) is 16.9 Å². The summed E-state index contributed by atoms with van der Waals surface area (Å²) >= 11 is 1.54. The molecule has 2 N–H and O–H groups in total. The van der Waals surface area contributed by atoms with Crippen molar-refractivity contribution in [2.24, 2.45) is 5.92 Å². The minimum absolute atomic E-state index is 0.00400. The Morgan fingerprint density at radius 2 is 1.54 bits per heavy atom. The highest BCUT2D eigenvalue weighted by Crippen LogP contribution is 2.21. The summed E-state index contributed by atoms with van der Waals surface area (Å²) in [5, 5.41) is 5.73. The summed E-state index contributed by atoms with van der Waals surface area (Å²) in [6, 6.07) is 14.6. The lowest BCUT2D eigenvalue weighted by atomic mass is 10.1. The Kier molecular flexibility index (Phi) is 6.44. The Hall–Kier alpha value is -2.27. The topological polar surface area (TPSA) is 58.2 Å². The van der Waals surface area contributed by atoms with Crippen LogP contribution in [0.3, 0.4) is 0 Å². The van der Waals surface area contributed by atoms with Gasteiger partial charge in [-0.05, 0) is 48.6 Å². The van der Waals surface area contributed by atoms with Gasteiger partial charge in [-0.2, -0.15) is 0 Å². The second-order valence-electron chi connectivity index (χ2n) is 5.88. The van der Waals surface area contributed by atoms with Gasteiger partial charge in [0.25, 0.3) is 5.91 Å². The molecule has 0 saturated heterocycles. The zero-order chi connectivity index (χ0) is 17.5. The summed E-state index contributed by atoms with van der Waals surface area (Å²) < 4.78 is 0. The first-order valence-corrected chi connectivity index (χ1v) is 9.06. The van der Waals surface area contributed by atoms with Gasteiger partial charge in [0.15, 0.2) is 0 Å². The number of benzene rings is 2. The maximum atomic E-state index is 12.4. The molecule has 2 aromatic rings. The second-order valence-corrected chi connectivity index (χ2v) is 6.73. The molecule has 0 fully saturated rings. The van der Waals surface area contributed by atoms with Crippen molar-refractivity contribution >= 4 is 35.0 Å². The number of amides is 2. The van der Waals surface area contributed by atoms with Gasteiger partial charge in [0.1, 0.15) is 0 Å². The smallest absolute Gasteiger partial charge is 0.256 e. The zero-order valence-electron chi connectivity index (χ0n) is 14.1. The Bertz CT molecular complexity index is 712. The minimum atomic E-state index is -0.142. The molecule has 126 valence electrons. The van der Waals surface area contributed by atoms with E-state index in [9.17, 15) is 9.59 Å². The lowest BCUT2D eigenvalue weighted by Crippen LogP contribution is -2.14. The average Bonchev–Trinajstić information content (AvgIpc) is 2.55. The Labute approximate surface area is 147 Å². The molecule has 0 bridgehead atoms. The van der Waals surface area contributed by atoms with Crippen LogP contribution in [0.1, 0.15) is 30.6 Å². The predicted molar refractivity (Wildman–Crippen MR) is 101 cm³/mol. The zero-order valence-corrected chi connectivity index (χ0v) is 14.9. The molecule has 2 rings (SSSR count). The summed E-state index contributed by atoms with van der Waals surface area (Å²) in [4.78, 5) is 25.1. The number of carbonyl (C=O) groups excluding carboxylic acids is 2. The second kappa shape index (κ2) is 8.55. The summed E-state index contributed by atoms with van der Waals surface area (Å²) in [6.07, 6.45) is 2.44. The van der Waals surface area contributed by atoms with Crippen LogP contribution in [-0.2, 0) is 4.79 Å². The van der Waals surface area contributed by atoms with Gasteiger partial charge < -0.3 is 10.6 Å². The van der Waals surface area contributed by atoms with Gasteiger partial charge in [-0.25, -0.2) is 0 Å². The standard InChI is InChI=1S/C19H22N2O2S/c1-13(2)12-18(22)20-14-8-10-15(11-9-14)21-19(23)16-6-4-5-7-17(16)24-3/h4-11,13H,12H2,1-3H3,(H,20,22)(H,21,23). The number of rotatable bonds is 6. The van der Waals surface area contributed by atoms with Crippen molar-refractivity contribution in [3.8, 4) is 0 Å². The van der Waals surface area contributed by atoms with Gasteiger partial charge in [0, 0.05) is 22.7 Å². The number of hydrogen-bond acceptors (Lipinski definition) is 3. The van der Waals surface area contributed by atoms with Crippen LogP contribution in [0.25, 0.3) is 0 Å². The van der Waals surface area contributed by atoms with Crippen LogP contribution in [-0.4, -0.2) is 18.1 Å². The van der Waals surface area contributed by atoms with E-state index < -0.39 is 0 Å². The van der Waals surface area contributed by atoms with E-state index in [1.165, 1.54) is 11.8 Å². The highest BCUT2D eigenvalue weighted by Gasteiger charge is 2.11. The van der Waals surface area contributed by atoms with E-state index in [0.29, 0.717) is 23.6 Å². The van der Waals surface area contributed by atoms with Crippen LogP contribution in [0.5, 0.6) is 0 Å².